The number of nitrogens with one attached hydrogen (secondary N) is 2. The Morgan fingerprint density at radius 1 is 1.08 bits per heavy atom. The number of hydrogen-bond acceptors (Lipinski definition) is 7. The maximum Gasteiger partial charge on any atom is 0.329 e. The molecule has 1 heterocycles. The SMILES string of the molecule is CC(c1cccc(NC(=O)NCC(=O)N2C(C(=O)OC(C)(C)C)CCC2c2ccccc2)c1)S(=O)(=O)[O-]. The maximum absolute atomic E-state index is 13.3. The van der Waals surface area contributed by atoms with Crippen LogP contribution in [-0.2, 0) is 24.4 Å². The lowest BCUT2D eigenvalue weighted by Crippen LogP contribution is -2.48. The smallest absolute Gasteiger partial charge is 0.329 e. The Kier molecular flexibility index (Phi) is 8.60. The van der Waals surface area contributed by atoms with Crippen LogP contribution in [0, 0.1) is 0 Å². The molecule has 0 aliphatic carbocycles. The number of anilines is 1. The highest BCUT2D eigenvalue weighted by molar-refractivity contribution is 7.85. The molecule has 3 atom stereocenters. The first kappa shape index (κ1) is 28.1. The van der Waals surface area contributed by atoms with Crippen molar-refractivity contribution in [1.82, 2.24) is 10.2 Å². The second-order valence-electron chi connectivity index (χ2n) is 9.92. The number of likely N-dealkylation sites (tertiary alicyclic amines) is 1. The molecule has 200 valence electrons. The fourth-order valence-corrected chi connectivity index (χ4v) is 4.70. The second-order valence-corrected chi connectivity index (χ2v) is 11.6. The number of rotatable bonds is 7. The summed E-state index contributed by atoms with van der Waals surface area (Å²) in [6.45, 7) is 6.17. The molecule has 11 heteroatoms. The van der Waals surface area contributed by atoms with E-state index in [4.69, 9.17) is 4.74 Å². The Morgan fingerprint density at radius 3 is 2.38 bits per heavy atom. The summed E-state index contributed by atoms with van der Waals surface area (Å²) in [5.41, 5.74) is 0.650. The molecular weight excluding hydrogens is 498 g/mol. The topological polar surface area (TPSA) is 145 Å². The molecule has 0 bridgehead atoms. The number of nitrogens with zero attached hydrogens (tertiary/aromatic N) is 1. The van der Waals surface area contributed by atoms with Crippen LogP contribution in [0.3, 0.4) is 0 Å². The van der Waals surface area contributed by atoms with Crippen molar-refractivity contribution in [3.8, 4) is 0 Å². The van der Waals surface area contributed by atoms with E-state index in [1.807, 2.05) is 30.3 Å². The van der Waals surface area contributed by atoms with Crippen molar-refractivity contribution in [2.24, 2.45) is 0 Å². The molecule has 0 saturated carbocycles. The maximum atomic E-state index is 13.3. The fraction of sp³-hybridized carbons (Fsp3) is 0.423. The predicted octanol–water partition coefficient (Wildman–Crippen LogP) is 3.49. The Bertz CT molecular complexity index is 1240. The minimum absolute atomic E-state index is 0.229. The molecule has 3 amide bonds. The molecule has 0 radical (unpaired) electrons. The third kappa shape index (κ3) is 7.53. The molecule has 10 nitrogen and oxygen atoms in total. The highest BCUT2D eigenvalue weighted by Gasteiger charge is 2.43. The number of carbonyl (C=O) groups excluding carboxylic acids is 3. The van der Waals surface area contributed by atoms with Crippen molar-refractivity contribution >= 4 is 33.7 Å². The largest absolute Gasteiger partial charge is 0.747 e. The van der Waals surface area contributed by atoms with Crippen LogP contribution in [0.4, 0.5) is 10.5 Å². The van der Waals surface area contributed by atoms with Gasteiger partial charge in [0.05, 0.1) is 17.8 Å². The molecule has 1 aliphatic heterocycles. The average Bonchev–Trinajstić information content (AvgIpc) is 3.27. The van der Waals surface area contributed by atoms with Crippen molar-refractivity contribution in [3.63, 3.8) is 0 Å². The number of benzene rings is 2. The van der Waals surface area contributed by atoms with Gasteiger partial charge < -0.3 is 24.8 Å². The molecule has 0 aromatic heterocycles. The lowest BCUT2D eigenvalue weighted by molar-refractivity contribution is -0.164. The van der Waals surface area contributed by atoms with Gasteiger partial charge in [-0.15, -0.1) is 0 Å². The van der Waals surface area contributed by atoms with Gasteiger partial charge in [0.2, 0.25) is 5.91 Å². The molecule has 1 fully saturated rings. The van der Waals surface area contributed by atoms with Gasteiger partial charge in [-0.3, -0.25) is 4.79 Å². The van der Waals surface area contributed by atoms with Crippen LogP contribution in [0.2, 0.25) is 0 Å². The third-order valence-corrected chi connectivity index (χ3v) is 7.12. The van der Waals surface area contributed by atoms with Gasteiger partial charge in [0.15, 0.2) is 0 Å². The second kappa shape index (κ2) is 11.3. The summed E-state index contributed by atoms with van der Waals surface area (Å²) >= 11 is 0. The third-order valence-electron chi connectivity index (χ3n) is 5.98. The molecule has 37 heavy (non-hydrogen) atoms. The highest BCUT2D eigenvalue weighted by atomic mass is 32.2. The molecule has 0 spiro atoms. The Balaban J connectivity index is 1.71. The Labute approximate surface area is 217 Å². The van der Waals surface area contributed by atoms with E-state index in [0.29, 0.717) is 12.8 Å². The van der Waals surface area contributed by atoms with E-state index in [0.717, 1.165) is 5.56 Å². The fourth-order valence-electron chi connectivity index (χ4n) is 4.22. The number of urea groups is 1. The van der Waals surface area contributed by atoms with Gasteiger partial charge in [-0.1, -0.05) is 42.5 Å². The number of carbonyl (C=O) groups is 3. The molecular formula is C26H32N3O7S-. The van der Waals surface area contributed by atoms with Gasteiger partial charge in [0, 0.05) is 5.69 Å². The standard InChI is InChI=1S/C26H33N3O7S/c1-17(37(33,34)35)19-11-8-12-20(15-19)28-25(32)27-16-23(30)29-21(18-9-6-5-7-10-18)13-14-22(29)24(31)36-26(2,3)4/h5-12,15,17,21-22H,13-14,16H2,1-4H3,(H2,27,28,32)(H,33,34,35)/p-1. The zero-order chi connectivity index (χ0) is 27.4. The number of esters is 1. The van der Waals surface area contributed by atoms with Gasteiger partial charge in [-0.05, 0) is 63.8 Å². The van der Waals surface area contributed by atoms with Crippen molar-refractivity contribution in [2.75, 3.05) is 11.9 Å². The predicted molar refractivity (Wildman–Crippen MR) is 136 cm³/mol. The van der Waals surface area contributed by atoms with E-state index in [1.54, 1.807) is 20.8 Å². The molecule has 1 saturated heterocycles. The molecule has 2 aromatic rings. The summed E-state index contributed by atoms with van der Waals surface area (Å²) < 4.78 is 39.5. The number of hydrogen-bond donors (Lipinski definition) is 2. The zero-order valence-electron chi connectivity index (χ0n) is 21.3. The Hall–Kier alpha value is -3.44. The van der Waals surface area contributed by atoms with Crippen LogP contribution in [0.25, 0.3) is 0 Å². The van der Waals surface area contributed by atoms with Crippen molar-refractivity contribution < 1.29 is 32.1 Å². The minimum Gasteiger partial charge on any atom is -0.747 e. The van der Waals surface area contributed by atoms with E-state index in [1.165, 1.54) is 36.1 Å². The average molecular weight is 531 g/mol. The lowest BCUT2D eigenvalue weighted by atomic mass is 10.0. The molecule has 2 N–H and O–H groups in total. The first-order valence-electron chi connectivity index (χ1n) is 11.9. The molecule has 2 aromatic carbocycles. The molecule has 3 rings (SSSR count). The van der Waals surface area contributed by atoms with Crippen molar-refractivity contribution in [3.05, 3.63) is 65.7 Å². The van der Waals surface area contributed by atoms with Gasteiger partial charge in [0.1, 0.15) is 21.8 Å². The van der Waals surface area contributed by atoms with Crippen LogP contribution in [0.5, 0.6) is 0 Å². The van der Waals surface area contributed by atoms with Crippen LogP contribution in [-0.4, -0.2) is 54.0 Å². The van der Waals surface area contributed by atoms with Gasteiger partial charge >= 0.3 is 12.0 Å². The summed E-state index contributed by atoms with van der Waals surface area (Å²) in [6, 6.07) is 13.4. The van der Waals surface area contributed by atoms with Crippen LogP contribution >= 0.6 is 0 Å². The van der Waals surface area contributed by atoms with Gasteiger partial charge in [-0.25, -0.2) is 18.0 Å². The van der Waals surface area contributed by atoms with Crippen molar-refractivity contribution in [1.29, 1.82) is 0 Å². The lowest BCUT2D eigenvalue weighted by Gasteiger charge is -2.31. The number of ether oxygens (including phenoxy) is 1. The van der Waals surface area contributed by atoms with Crippen LogP contribution in [0.1, 0.15) is 63.0 Å². The first-order valence-corrected chi connectivity index (χ1v) is 13.4. The monoisotopic (exact) mass is 530 g/mol. The Morgan fingerprint density at radius 2 is 1.76 bits per heavy atom. The highest BCUT2D eigenvalue weighted by Crippen LogP contribution is 2.37. The first-order chi connectivity index (χ1) is 17.3. The van der Waals surface area contributed by atoms with E-state index in [9.17, 15) is 27.4 Å². The van der Waals surface area contributed by atoms with Crippen molar-refractivity contribution in [2.45, 2.75) is 63.5 Å². The molecule has 1 aliphatic rings. The van der Waals surface area contributed by atoms with E-state index in [2.05, 4.69) is 10.6 Å². The van der Waals surface area contributed by atoms with Gasteiger partial charge in [0.25, 0.3) is 0 Å². The molecule has 3 unspecified atom stereocenters. The summed E-state index contributed by atoms with van der Waals surface area (Å²) in [4.78, 5) is 40.2. The zero-order valence-corrected chi connectivity index (χ0v) is 22.1. The van der Waals surface area contributed by atoms with Crippen LogP contribution in [0.15, 0.2) is 54.6 Å². The number of amides is 3. The van der Waals surface area contributed by atoms with E-state index in [-0.39, 0.29) is 23.8 Å². The summed E-state index contributed by atoms with van der Waals surface area (Å²) in [5.74, 6) is -0.944. The minimum atomic E-state index is -4.55. The van der Waals surface area contributed by atoms with Gasteiger partial charge in [-0.2, -0.15) is 0 Å². The summed E-state index contributed by atoms with van der Waals surface area (Å²) in [7, 11) is -4.55. The normalized spacial score (nSPS) is 18.7. The summed E-state index contributed by atoms with van der Waals surface area (Å²) in [5, 5.41) is 3.74. The summed E-state index contributed by atoms with van der Waals surface area (Å²) in [6.07, 6.45) is 0.999. The van der Waals surface area contributed by atoms with E-state index >= 15 is 0 Å². The van der Waals surface area contributed by atoms with E-state index < -0.39 is 44.9 Å². The van der Waals surface area contributed by atoms with Crippen LogP contribution < -0.4 is 10.6 Å². The quantitative estimate of drug-likeness (QED) is 0.412.